The fraction of sp³-hybridized carbons (Fsp3) is 1.00. The molecule has 1 atom stereocenters. The highest BCUT2D eigenvalue weighted by molar-refractivity contribution is 4.94. The first kappa shape index (κ1) is 9.96. The minimum Gasteiger partial charge on any atom is -0.393 e. The van der Waals surface area contributed by atoms with Crippen LogP contribution in [0.1, 0.15) is 26.7 Å². The molecule has 1 aliphatic heterocycles. The summed E-state index contributed by atoms with van der Waals surface area (Å²) in [6.45, 7) is 6.25. The van der Waals surface area contributed by atoms with Crippen LogP contribution in [0.4, 0.5) is 0 Å². The van der Waals surface area contributed by atoms with Crippen LogP contribution in [0.2, 0.25) is 0 Å². The van der Waals surface area contributed by atoms with Crippen LogP contribution in [0.25, 0.3) is 0 Å². The summed E-state index contributed by atoms with van der Waals surface area (Å²) in [4.78, 5) is 2.18. The maximum Gasteiger partial charge on any atom is 0.0897 e. The number of nitrogens with zero attached hydrogens (tertiary/aromatic N) is 1. The van der Waals surface area contributed by atoms with Gasteiger partial charge in [0.05, 0.1) is 11.7 Å². The van der Waals surface area contributed by atoms with Crippen LogP contribution >= 0.6 is 0 Å². The molecule has 1 fully saturated rings. The van der Waals surface area contributed by atoms with Gasteiger partial charge in [-0.1, -0.05) is 6.92 Å². The van der Waals surface area contributed by atoms with Gasteiger partial charge in [0.1, 0.15) is 0 Å². The van der Waals surface area contributed by atoms with Crippen LogP contribution in [-0.4, -0.2) is 46.5 Å². The van der Waals surface area contributed by atoms with Gasteiger partial charge >= 0.3 is 0 Å². The largest absolute Gasteiger partial charge is 0.393 e. The van der Waals surface area contributed by atoms with Crippen molar-refractivity contribution >= 4 is 0 Å². The van der Waals surface area contributed by atoms with Crippen LogP contribution in [0, 0.1) is 0 Å². The molecule has 2 N–H and O–H groups in total. The van der Waals surface area contributed by atoms with Gasteiger partial charge in [-0.2, -0.15) is 0 Å². The highest BCUT2D eigenvalue weighted by Crippen LogP contribution is 2.23. The summed E-state index contributed by atoms with van der Waals surface area (Å²) in [5.74, 6) is 0. The van der Waals surface area contributed by atoms with Crippen LogP contribution in [-0.2, 0) is 0 Å². The average molecular weight is 173 g/mol. The lowest BCUT2D eigenvalue weighted by molar-refractivity contribution is -0.102. The van der Waals surface area contributed by atoms with Gasteiger partial charge in [0.2, 0.25) is 0 Å². The average Bonchev–Trinajstić information content (AvgIpc) is 1.95. The number of β-amino-alcohol motifs (C(OH)–C–C–N with tert-alkyl or cyclic N) is 1. The highest BCUT2D eigenvalue weighted by atomic mass is 16.3. The topological polar surface area (TPSA) is 43.7 Å². The van der Waals surface area contributed by atoms with Crippen molar-refractivity contribution in [3.63, 3.8) is 0 Å². The summed E-state index contributed by atoms with van der Waals surface area (Å²) in [5, 5.41) is 18.7. The molecule has 0 aromatic heterocycles. The Hall–Kier alpha value is -0.120. The minimum atomic E-state index is -0.432. The smallest absolute Gasteiger partial charge is 0.0897 e. The number of aliphatic hydroxyl groups excluding tert-OH is 1. The molecule has 0 amide bonds. The number of hydrogen-bond donors (Lipinski definition) is 2. The molecule has 12 heavy (non-hydrogen) atoms. The van der Waals surface area contributed by atoms with E-state index in [1.54, 1.807) is 6.92 Å². The molecule has 0 saturated carbocycles. The van der Waals surface area contributed by atoms with Crippen molar-refractivity contribution in [2.75, 3.05) is 19.6 Å². The lowest BCUT2D eigenvalue weighted by atomic mass is 9.91. The first-order valence-corrected chi connectivity index (χ1v) is 4.68. The van der Waals surface area contributed by atoms with Crippen molar-refractivity contribution in [3.05, 3.63) is 0 Å². The molecular formula is C9H19NO2. The van der Waals surface area contributed by atoms with Crippen LogP contribution < -0.4 is 0 Å². The van der Waals surface area contributed by atoms with Crippen molar-refractivity contribution in [2.45, 2.75) is 38.4 Å². The molecule has 1 unspecified atom stereocenters. The van der Waals surface area contributed by atoms with Gasteiger partial charge in [0, 0.05) is 19.6 Å². The monoisotopic (exact) mass is 173 g/mol. The molecule has 0 aromatic rings. The van der Waals surface area contributed by atoms with E-state index in [0.717, 1.165) is 32.5 Å². The second kappa shape index (κ2) is 3.73. The van der Waals surface area contributed by atoms with E-state index >= 15 is 0 Å². The molecule has 0 radical (unpaired) electrons. The van der Waals surface area contributed by atoms with Gasteiger partial charge in [-0.15, -0.1) is 0 Å². The van der Waals surface area contributed by atoms with Crippen molar-refractivity contribution in [2.24, 2.45) is 0 Å². The van der Waals surface area contributed by atoms with Gasteiger partial charge in [-0.05, 0) is 19.8 Å². The Balaban J connectivity index is 2.09. The van der Waals surface area contributed by atoms with E-state index in [4.69, 9.17) is 5.11 Å². The molecule has 3 heteroatoms. The third-order valence-electron chi connectivity index (χ3n) is 2.56. The third kappa shape index (κ3) is 2.44. The molecule has 1 rings (SSSR count). The maximum atomic E-state index is 9.65. The molecule has 72 valence electrons. The van der Waals surface area contributed by atoms with Crippen molar-refractivity contribution in [1.82, 2.24) is 4.90 Å². The van der Waals surface area contributed by atoms with Crippen molar-refractivity contribution in [1.29, 1.82) is 0 Å². The fourth-order valence-electron chi connectivity index (χ4n) is 1.54. The molecule has 1 aliphatic rings. The van der Waals surface area contributed by atoms with E-state index in [0.29, 0.717) is 0 Å². The van der Waals surface area contributed by atoms with E-state index in [1.165, 1.54) is 0 Å². The summed E-state index contributed by atoms with van der Waals surface area (Å²) in [6, 6.07) is 0. The quantitative estimate of drug-likeness (QED) is 0.639. The predicted molar refractivity (Wildman–Crippen MR) is 48.0 cm³/mol. The first-order chi connectivity index (χ1) is 5.56. The van der Waals surface area contributed by atoms with Gasteiger partial charge in [-0.25, -0.2) is 0 Å². The first-order valence-electron chi connectivity index (χ1n) is 4.68. The second-order valence-electron chi connectivity index (χ2n) is 3.93. The molecule has 1 heterocycles. The zero-order valence-electron chi connectivity index (χ0n) is 7.95. The molecule has 0 aliphatic carbocycles. The zero-order chi connectivity index (χ0) is 9.19. The summed E-state index contributed by atoms with van der Waals surface area (Å²) in [6.07, 6.45) is 1.41. The van der Waals surface area contributed by atoms with Gasteiger partial charge in [0.15, 0.2) is 0 Å². The van der Waals surface area contributed by atoms with E-state index in [-0.39, 0.29) is 6.10 Å². The Morgan fingerprint density at radius 1 is 1.50 bits per heavy atom. The number of rotatable bonds is 4. The Kier molecular flexibility index (Phi) is 3.09. The predicted octanol–water partition coefficient (Wildman–Crippen LogP) is 0.214. The lowest BCUT2D eigenvalue weighted by Gasteiger charge is -2.46. The molecular weight excluding hydrogens is 154 g/mol. The third-order valence-corrected chi connectivity index (χ3v) is 2.56. The SMILES string of the molecule is CCC1(O)CN(CCC(C)O)C1. The van der Waals surface area contributed by atoms with E-state index < -0.39 is 5.60 Å². The van der Waals surface area contributed by atoms with Crippen LogP contribution in [0.3, 0.4) is 0 Å². The van der Waals surface area contributed by atoms with Crippen molar-refractivity contribution < 1.29 is 10.2 Å². The number of aliphatic hydroxyl groups is 2. The van der Waals surface area contributed by atoms with E-state index in [1.807, 2.05) is 6.92 Å². The summed E-state index contributed by atoms with van der Waals surface area (Å²) in [5.41, 5.74) is -0.432. The minimum absolute atomic E-state index is 0.222. The second-order valence-corrected chi connectivity index (χ2v) is 3.93. The summed E-state index contributed by atoms with van der Waals surface area (Å²) in [7, 11) is 0. The van der Waals surface area contributed by atoms with Gasteiger partial charge in [-0.3, -0.25) is 4.90 Å². The molecule has 0 aromatic carbocycles. The maximum absolute atomic E-state index is 9.65. The highest BCUT2D eigenvalue weighted by Gasteiger charge is 2.38. The standard InChI is InChI=1S/C9H19NO2/c1-3-9(12)6-10(7-9)5-4-8(2)11/h8,11-12H,3-7H2,1-2H3. The molecule has 0 bridgehead atoms. The Morgan fingerprint density at radius 3 is 2.50 bits per heavy atom. The summed E-state index contributed by atoms with van der Waals surface area (Å²) < 4.78 is 0. The van der Waals surface area contributed by atoms with E-state index in [2.05, 4.69) is 4.90 Å². The van der Waals surface area contributed by atoms with Crippen LogP contribution in [0.15, 0.2) is 0 Å². The summed E-state index contributed by atoms with van der Waals surface area (Å²) >= 11 is 0. The van der Waals surface area contributed by atoms with E-state index in [9.17, 15) is 5.11 Å². The molecule has 3 nitrogen and oxygen atoms in total. The Labute approximate surface area is 74.0 Å². The number of hydrogen-bond acceptors (Lipinski definition) is 3. The van der Waals surface area contributed by atoms with Gasteiger partial charge < -0.3 is 10.2 Å². The van der Waals surface area contributed by atoms with Gasteiger partial charge in [0.25, 0.3) is 0 Å². The van der Waals surface area contributed by atoms with Crippen molar-refractivity contribution in [3.8, 4) is 0 Å². The number of likely N-dealkylation sites (tertiary alicyclic amines) is 1. The lowest BCUT2D eigenvalue weighted by Crippen LogP contribution is -2.61. The fourth-order valence-corrected chi connectivity index (χ4v) is 1.54. The molecule has 0 spiro atoms. The Morgan fingerprint density at radius 2 is 2.08 bits per heavy atom. The Bertz CT molecular complexity index is 141. The zero-order valence-corrected chi connectivity index (χ0v) is 7.95. The normalized spacial score (nSPS) is 25.0. The van der Waals surface area contributed by atoms with Crippen LogP contribution in [0.5, 0.6) is 0 Å². The molecule has 1 saturated heterocycles.